The number of nitrogens with zero attached hydrogens (tertiary/aromatic N) is 2. The number of anilines is 1. The van der Waals surface area contributed by atoms with Crippen molar-refractivity contribution in [3.05, 3.63) is 58.1 Å². The van der Waals surface area contributed by atoms with Crippen LogP contribution < -0.4 is 9.64 Å². The summed E-state index contributed by atoms with van der Waals surface area (Å²) in [4.78, 5) is 39.6. The van der Waals surface area contributed by atoms with Crippen molar-refractivity contribution in [2.24, 2.45) is 0 Å². The average Bonchev–Trinajstić information content (AvgIpc) is 2.83. The average molecular weight is 407 g/mol. The highest BCUT2D eigenvalue weighted by atomic mass is 35.5. The van der Waals surface area contributed by atoms with E-state index in [-0.39, 0.29) is 15.8 Å². The number of imide groups is 1. The third-order valence-electron chi connectivity index (χ3n) is 4.19. The van der Waals surface area contributed by atoms with Crippen molar-refractivity contribution in [3.63, 3.8) is 0 Å². The number of carbonyl (C=O) groups is 3. The maximum atomic E-state index is 12.7. The molecule has 27 heavy (non-hydrogen) atoms. The molecular formula is C19H16Cl2N2O4. The first-order valence-corrected chi connectivity index (χ1v) is 8.91. The standard InChI is InChI=1S/C19H16Cl2N2O4/c1-11-6-8-13(9-7-11)23-12(2)18(25)22(19(23)26)10-16(24)27-15-5-3-4-14(20)17(15)21/h3-9,12H,10H2,1-2H3/t12-/m0/s1. The molecule has 0 aliphatic carbocycles. The van der Waals surface area contributed by atoms with Gasteiger partial charge in [0.05, 0.1) is 5.02 Å². The van der Waals surface area contributed by atoms with Gasteiger partial charge in [-0.3, -0.25) is 14.6 Å². The molecule has 1 aliphatic rings. The first kappa shape index (κ1) is 19.2. The van der Waals surface area contributed by atoms with Crippen LogP contribution >= 0.6 is 23.2 Å². The van der Waals surface area contributed by atoms with E-state index in [4.69, 9.17) is 27.9 Å². The van der Waals surface area contributed by atoms with Crippen LogP contribution in [0.3, 0.4) is 0 Å². The summed E-state index contributed by atoms with van der Waals surface area (Å²) in [5.74, 6) is -1.20. The van der Waals surface area contributed by atoms with Gasteiger partial charge in [-0.25, -0.2) is 9.59 Å². The number of urea groups is 1. The molecule has 1 fully saturated rings. The number of rotatable bonds is 4. The van der Waals surface area contributed by atoms with Crippen LogP contribution in [0, 0.1) is 6.92 Å². The molecule has 0 radical (unpaired) electrons. The molecule has 0 spiro atoms. The lowest BCUT2D eigenvalue weighted by Gasteiger charge is -2.19. The summed E-state index contributed by atoms with van der Waals surface area (Å²) < 4.78 is 5.16. The van der Waals surface area contributed by atoms with Crippen molar-refractivity contribution in [2.45, 2.75) is 19.9 Å². The zero-order valence-electron chi connectivity index (χ0n) is 14.6. The summed E-state index contributed by atoms with van der Waals surface area (Å²) in [6.45, 7) is 3.01. The largest absolute Gasteiger partial charge is 0.424 e. The summed E-state index contributed by atoms with van der Waals surface area (Å²) >= 11 is 11.9. The van der Waals surface area contributed by atoms with Crippen molar-refractivity contribution in [1.29, 1.82) is 0 Å². The Morgan fingerprint density at radius 1 is 1.11 bits per heavy atom. The molecule has 0 bridgehead atoms. The Bertz CT molecular complexity index is 914. The fourth-order valence-electron chi connectivity index (χ4n) is 2.76. The van der Waals surface area contributed by atoms with Gasteiger partial charge in [-0.05, 0) is 38.1 Å². The van der Waals surface area contributed by atoms with Gasteiger partial charge >= 0.3 is 12.0 Å². The lowest BCUT2D eigenvalue weighted by Crippen LogP contribution is -2.38. The van der Waals surface area contributed by atoms with Gasteiger partial charge in [-0.2, -0.15) is 0 Å². The smallest absolute Gasteiger partial charge is 0.332 e. The van der Waals surface area contributed by atoms with Crippen LogP contribution in [0.25, 0.3) is 0 Å². The number of benzene rings is 2. The Kier molecular flexibility index (Phi) is 5.39. The van der Waals surface area contributed by atoms with Gasteiger partial charge in [-0.1, -0.05) is 47.0 Å². The zero-order chi connectivity index (χ0) is 19.7. The lowest BCUT2D eigenvalue weighted by atomic mass is 10.2. The van der Waals surface area contributed by atoms with Gasteiger partial charge in [0.15, 0.2) is 5.75 Å². The molecule has 140 valence electrons. The molecule has 3 amide bonds. The molecule has 3 rings (SSSR count). The van der Waals surface area contributed by atoms with Crippen molar-refractivity contribution >= 4 is 46.8 Å². The number of hydrogen-bond donors (Lipinski definition) is 0. The summed E-state index contributed by atoms with van der Waals surface area (Å²) in [6.07, 6.45) is 0. The molecule has 1 heterocycles. The van der Waals surface area contributed by atoms with Gasteiger partial charge in [0, 0.05) is 5.69 Å². The first-order chi connectivity index (χ1) is 12.8. The van der Waals surface area contributed by atoms with Crippen LogP contribution in [0.15, 0.2) is 42.5 Å². The van der Waals surface area contributed by atoms with Crippen molar-refractivity contribution in [1.82, 2.24) is 4.90 Å². The Hall–Kier alpha value is -2.57. The van der Waals surface area contributed by atoms with Crippen molar-refractivity contribution < 1.29 is 19.1 Å². The summed E-state index contributed by atoms with van der Waals surface area (Å²) in [5, 5.41) is 0.315. The fourth-order valence-corrected chi connectivity index (χ4v) is 3.09. The minimum Gasteiger partial charge on any atom is -0.424 e. The van der Waals surface area contributed by atoms with E-state index >= 15 is 0 Å². The molecule has 1 atom stereocenters. The van der Waals surface area contributed by atoms with Gasteiger partial charge in [0.1, 0.15) is 17.6 Å². The first-order valence-electron chi connectivity index (χ1n) is 8.15. The zero-order valence-corrected chi connectivity index (χ0v) is 16.1. The predicted octanol–water partition coefficient (Wildman–Crippen LogP) is 4.06. The number of hydrogen-bond acceptors (Lipinski definition) is 4. The van der Waals surface area contributed by atoms with Crippen LogP contribution in [0.1, 0.15) is 12.5 Å². The topological polar surface area (TPSA) is 66.9 Å². The van der Waals surface area contributed by atoms with Crippen LogP contribution in [0.4, 0.5) is 10.5 Å². The number of esters is 1. The number of aryl methyl sites for hydroxylation is 1. The van der Waals surface area contributed by atoms with Gasteiger partial charge in [-0.15, -0.1) is 0 Å². The van der Waals surface area contributed by atoms with E-state index in [0.717, 1.165) is 10.5 Å². The summed E-state index contributed by atoms with van der Waals surface area (Å²) in [5.41, 5.74) is 1.61. The lowest BCUT2D eigenvalue weighted by molar-refractivity contribution is -0.139. The Morgan fingerprint density at radius 3 is 2.44 bits per heavy atom. The highest BCUT2D eigenvalue weighted by Gasteiger charge is 2.44. The van der Waals surface area contributed by atoms with Crippen LogP contribution in [0.2, 0.25) is 10.0 Å². The van der Waals surface area contributed by atoms with E-state index in [2.05, 4.69) is 0 Å². The minimum atomic E-state index is -0.793. The SMILES string of the molecule is Cc1ccc(N2C(=O)N(CC(=O)Oc3cccc(Cl)c3Cl)C(=O)[C@@H]2C)cc1. The van der Waals surface area contributed by atoms with E-state index in [0.29, 0.717) is 5.69 Å². The van der Waals surface area contributed by atoms with E-state index < -0.39 is 30.5 Å². The van der Waals surface area contributed by atoms with E-state index in [1.807, 2.05) is 19.1 Å². The van der Waals surface area contributed by atoms with Gasteiger partial charge in [0.25, 0.3) is 5.91 Å². The second-order valence-corrected chi connectivity index (χ2v) is 6.90. The molecule has 8 heteroatoms. The van der Waals surface area contributed by atoms with Gasteiger partial charge < -0.3 is 4.74 Å². The summed E-state index contributed by atoms with van der Waals surface area (Å²) in [6, 6.07) is 10.5. The molecule has 1 aliphatic heterocycles. The normalized spacial score (nSPS) is 16.8. The van der Waals surface area contributed by atoms with E-state index in [9.17, 15) is 14.4 Å². The predicted molar refractivity (Wildman–Crippen MR) is 102 cm³/mol. The molecule has 0 N–H and O–H groups in total. The minimum absolute atomic E-state index is 0.0664. The third-order valence-corrected chi connectivity index (χ3v) is 4.99. The Morgan fingerprint density at radius 2 is 1.78 bits per heavy atom. The van der Waals surface area contributed by atoms with E-state index in [1.165, 1.54) is 11.0 Å². The number of ether oxygens (including phenoxy) is 1. The molecule has 6 nitrogen and oxygen atoms in total. The monoisotopic (exact) mass is 406 g/mol. The van der Waals surface area contributed by atoms with Crippen LogP contribution in [-0.4, -0.2) is 35.4 Å². The number of carbonyl (C=O) groups excluding carboxylic acids is 3. The Balaban J connectivity index is 1.75. The van der Waals surface area contributed by atoms with Crippen molar-refractivity contribution in [2.75, 3.05) is 11.4 Å². The molecule has 0 saturated carbocycles. The van der Waals surface area contributed by atoms with Gasteiger partial charge in [0.2, 0.25) is 0 Å². The highest BCUT2D eigenvalue weighted by Crippen LogP contribution is 2.32. The molecule has 2 aromatic carbocycles. The highest BCUT2D eigenvalue weighted by molar-refractivity contribution is 6.43. The van der Waals surface area contributed by atoms with Crippen LogP contribution in [0.5, 0.6) is 5.75 Å². The Labute approximate surface area is 166 Å². The summed E-state index contributed by atoms with van der Waals surface area (Å²) in [7, 11) is 0. The molecular weight excluding hydrogens is 391 g/mol. The maximum Gasteiger partial charge on any atom is 0.332 e. The third kappa shape index (κ3) is 3.77. The number of halogens is 2. The molecule has 0 aromatic heterocycles. The fraction of sp³-hybridized carbons (Fsp3) is 0.211. The molecule has 0 unspecified atom stereocenters. The number of amides is 3. The quantitative estimate of drug-likeness (QED) is 0.436. The molecule has 1 saturated heterocycles. The van der Waals surface area contributed by atoms with E-state index in [1.54, 1.807) is 31.2 Å². The van der Waals surface area contributed by atoms with Crippen molar-refractivity contribution in [3.8, 4) is 5.75 Å². The van der Waals surface area contributed by atoms with Crippen LogP contribution in [-0.2, 0) is 9.59 Å². The second-order valence-electron chi connectivity index (χ2n) is 6.11. The molecule has 2 aromatic rings. The second kappa shape index (κ2) is 7.58. The maximum absolute atomic E-state index is 12.7.